The van der Waals surface area contributed by atoms with E-state index in [1.807, 2.05) is 6.07 Å². The van der Waals surface area contributed by atoms with E-state index in [2.05, 4.69) is 10.6 Å². The lowest BCUT2D eigenvalue weighted by atomic mass is 9.89. The van der Waals surface area contributed by atoms with Gasteiger partial charge in [-0.2, -0.15) is 0 Å². The third-order valence-corrected chi connectivity index (χ3v) is 4.03. The number of anilines is 2. The van der Waals surface area contributed by atoms with E-state index in [1.54, 1.807) is 42.5 Å². The number of carbonyl (C=O) groups excluding carboxylic acids is 2. The zero-order valence-corrected chi connectivity index (χ0v) is 13.0. The molecule has 5 N–H and O–H groups in total. The predicted octanol–water partition coefficient (Wildman–Crippen LogP) is 1.78. The van der Waals surface area contributed by atoms with Gasteiger partial charge < -0.3 is 21.5 Å². The zero-order valence-electron chi connectivity index (χ0n) is 13.0. The van der Waals surface area contributed by atoms with Crippen LogP contribution in [-0.4, -0.2) is 29.1 Å². The summed E-state index contributed by atoms with van der Waals surface area (Å²) in [5.74, 6) is -0.624. The molecular formula is C18H19N3O3. The average Bonchev–Trinajstić information content (AvgIpc) is 2.54. The molecule has 2 amide bonds. The second kappa shape index (κ2) is 6.72. The van der Waals surface area contributed by atoms with Crippen molar-refractivity contribution in [1.82, 2.24) is 5.32 Å². The summed E-state index contributed by atoms with van der Waals surface area (Å²) in [6.45, 7) is 0. The smallest absolute Gasteiger partial charge is 0.251 e. The van der Waals surface area contributed by atoms with Crippen LogP contribution in [-0.2, 0) is 0 Å². The Morgan fingerprint density at radius 1 is 1.00 bits per heavy atom. The molecule has 1 aliphatic carbocycles. The summed E-state index contributed by atoms with van der Waals surface area (Å²) >= 11 is 0. The fourth-order valence-electron chi connectivity index (χ4n) is 2.60. The van der Waals surface area contributed by atoms with Gasteiger partial charge in [-0.05, 0) is 55.3 Å². The summed E-state index contributed by atoms with van der Waals surface area (Å²) in [5.41, 5.74) is 7.76. The first-order valence-corrected chi connectivity index (χ1v) is 7.77. The van der Waals surface area contributed by atoms with E-state index in [-0.39, 0.29) is 18.1 Å². The maximum Gasteiger partial charge on any atom is 0.251 e. The molecule has 0 heterocycles. The normalized spacial score (nSPS) is 19.2. The molecule has 2 aromatic rings. The van der Waals surface area contributed by atoms with E-state index in [9.17, 15) is 14.7 Å². The third kappa shape index (κ3) is 3.72. The first kappa shape index (κ1) is 16.0. The fraction of sp³-hybridized carbons (Fsp3) is 0.222. The molecule has 0 atom stereocenters. The summed E-state index contributed by atoms with van der Waals surface area (Å²) in [6, 6.07) is 14.0. The molecule has 2 aromatic carbocycles. The van der Waals surface area contributed by atoms with Crippen molar-refractivity contribution in [3.8, 4) is 0 Å². The number of amides is 2. The molecule has 1 aliphatic rings. The number of carbonyl (C=O) groups is 2. The lowest BCUT2D eigenvalue weighted by Gasteiger charge is -2.31. The van der Waals surface area contributed by atoms with Gasteiger partial charge in [0.25, 0.3) is 5.91 Å². The molecule has 124 valence electrons. The van der Waals surface area contributed by atoms with Crippen LogP contribution < -0.4 is 16.4 Å². The van der Waals surface area contributed by atoms with Crippen molar-refractivity contribution in [3.63, 3.8) is 0 Å². The largest absolute Gasteiger partial charge is 0.393 e. The third-order valence-electron chi connectivity index (χ3n) is 4.03. The molecule has 0 radical (unpaired) electrons. The maximum atomic E-state index is 12.2. The second-order valence-electron chi connectivity index (χ2n) is 5.94. The maximum absolute atomic E-state index is 12.2. The van der Waals surface area contributed by atoms with Crippen LogP contribution in [0.4, 0.5) is 11.4 Å². The monoisotopic (exact) mass is 325 g/mol. The highest BCUT2D eigenvalue weighted by atomic mass is 16.3. The quantitative estimate of drug-likeness (QED) is 0.672. The van der Waals surface area contributed by atoms with Gasteiger partial charge >= 0.3 is 0 Å². The molecule has 3 rings (SSSR count). The minimum absolute atomic E-state index is 0.0467. The first-order valence-electron chi connectivity index (χ1n) is 7.77. The number of primary amides is 1. The van der Waals surface area contributed by atoms with Crippen LogP contribution >= 0.6 is 0 Å². The summed E-state index contributed by atoms with van der Waals surface area (Å²) in [6.07, 6.45) is 0.915. The Bertz CT molecular complexity index is 752. The van der Waals surface area contributed by atoms with Gasteiger partial charge in [0.05, 0.1) is 6.10 Å². The lowest BCUT2D eigenvalue weighted by molar-refractivity contribution is 0.0562. The Balaban J connectivity index is 1.66. The molecule has 0 saturated heterocycles. The molecular weight excluding hydrogens is 306 g/mol. The first-order chi connectivity index (χ1) is 11.5. The van der Waals surface area contributed by atoms with Crippen LogP contribution in [0.5, 0.6) is 0 Å². The summed E-state index contributed by atoms with van der Waals surface area (Å²) in [7, 11) is 0. The highest BCUT2D eigenvalue weighted by molar-refractivity contribution is 5.95. The van der Waals surface area contributed by atoms with Crippen molar-refractivity contribution in [2.45, 2.75) is 25.0 Å². The van der Waals surface area contributed by atoms with Gasteiger partial charge in [-0.15, -0.1) is 0 Å². The van der Waals surface area contributed by atoms with Crippen molar-refractivity contribution >= 4 is 23.2 Å². The highest BCUT2D eigenvalue weighted by Crippen LogP contribution is 2.21. The number of nitrogens with two attached hydrogens (primary N) is 1. The van der Waals surface area contributed by atoms with Gasteiger partial charge in [0.2, 0.25) is 5.91 Å². The van der Waals surface area contributed by atoms with E-state index < -0.39 is 5.91 Å². The van der Waals surface area contributed by atoms with Gasteiger partial charge in [0.15, 0.2) is 0 Å². The van der Waals surface area contributed by atoms with Crippen LogP contribution in [0.15, 0.2) is 48.5 Å². The molecule has 6 nitrogen and oxygen atoms in total. The van der Waals surface area contributed by atoms with Crippen molar-refractivity contribution in [2.24, 2.45) is 5.73 Å². The van der Waals surface area contributed by atoms with Crippen LogP contribution in [0.25, 0.3) is 0 Å². The van der Waals surface area contributed by atoms with Gasteiger partial charge in [-0.1, -0.05) is 6.07 Å². The van der Waals surface area contributed by atoms with Gasteiger partial charge in [-0.3, -0.25) is 9.59 Å². The van der Waals surface area contributed by atoms with Crippen molar-refractivity contribution in [3.05, 3.63) is 59.7 Å². The number of benzene rings is 2. The van der Waals surface area contributed by atoms with Crippen LogP contribution in [0.3, 0.4) is 0 Å². The standard InChI is InChI=1S/C18H19N3O3/c19-17(23)11-4-6-13(7-5-11)20-14-3-1-2-12(8-14)18(24)21-15-9-16(22)10-15/h1-8,15-16,20,22H,9-10H2,(H2,19,23)(H,21,24). The molecule has 24 heavy (non-hydrogen) atoms. The number of rotatable bonds is 5. The van der Waals surface area contributed by atoms with Crippen molar-refractivity contribution < 1.29 is 14.7 Å². The lowest BCUT2D eigenvalue weighted by Crippen LogP contribution is -2.46. The van der Waals surface area contributed by atoms with Gasteiger partial charge in [-0.25, -0.2) is 0 Å². The Kier molecular flexibility index (Phi) is 4.48. The zero-order chi connectivity index (χ0) is 17.1. The topological polar surface area (TPSA) is 104 Å². The number of hydrogen-bond acceptors (Lipinski definition) is 4. The fourth-order valence-corrected chi connectivity index (χ4v) is 2.60. The Labute approximate surface area is 139 Å². The number of nitrogens with one attached hydrogen (secondary N) is 2. The van der Waals surface area contributed by atoms with Crippen LogP contribution in [0.2, 0.25) is 0 Å². The van der Waals surface area contributed by atoms with Gasteiger partial charge in [0, 0.05) is 28.5 Å². The Hall–Kier alpha value is -2.86. The molecule has 1 saturated carbocycles. The van der Waals surface area contributed by atoms with E-state index in [1.165, 1.54) is 0 Å². The Morgan fingerprint density at radius 2 is 1.71 bits per heavy atom. The highest BCUT2D eigenvalue weighted by Gasteiger charge is 2.28. The van der Waals surface area contributed by atoms with Gasteiger partial charge in [0.1, 0.15) is 0 Å². The molecule has 0 spiro atoms. The minimum Gasteiger partial charge on any atom is -0.393 e. The summed E-state index contributed by atoms with van der Waals surface area (Å²) in [5, 5.41) is 15.4. The molecule has 1 fully saturated rings. The van der Waals surface area contributed by atoms with E-state index in [4.69, 9.17) is 5.73 Å². The molecule has 6 heteroatoms. The second-order valence-corrected chi connectivity index (χ2v) is 5.94. The number of aliphatic hydroxyl groups is 1. The molecule has 0 bridgehead atoms. The van der Waals surface area contributed by atoms with Crippen molar-refractivity contribution in [1.29, 1.82) is 0 Å². The van der Waals surface area contributed by atoms with E-state index in [0.29, 0.717) is 24.0 Å². The molecule has 0 aliphatic heterocycles. The SMILES string of the molecule is NC(=O)c1ccc(Nc2cccc(C(=O)NC3CC(O)C3)c2)cc1. The minimum atomic E-state index is -0.471. The van der Waals surface area contributed by atoms with E-state index >= 15 is 0 Å². The summed E-state index contributed by atoms with van der Waals surface area (Å²) in [4.78, 5) is 23.3. The van der Waals surface area contributed by atoms with E-state index in [0.717, 1.165) is 11.4 Å². The van der Waals surface area contributed by atoms with Crippen LogP contribution in [0.1, 0.15) is 33.6 Å². The predicted molar refractivity (Wildman–Crippen MR) is 91.2 cm³/mol. The number of hydrogen-bond donors (Lipinski definition) is 4. The van der Waals surface area contributed by atoms with Crippen LogP contribution in [0, 0.1) is 0 Å². The average molecular weight is 325 g/mol. The van der Waals surface area contributed by atoms with Crippen molar-refractivity contribution in [2.75, 3.05) is 5.32 Å². The molecule has 0 unspecified atom stereocenters. The molecule has 0 aromatic heterocycles. The Morgan fingerprint density at radius 3 is 2.33 bits per heavy atom. The summed E-state index contributed by atoms with van der Waals surface area (Å²) < 4.78 is 0. The number of aliphatic hydroxyl groups excluding tert-OH is 1.